The van der Waals surface area contributed by atoms with Gasteiger partial charge in [-0.2, -0.15) is 0 Å². The molecule has 0 bridgehead atoms. The third kappa shape index (κ3) is 2.84. The van der Waals surface area contributed by atoms with Crippen molar-refractivity contribution in [2.24, 2.45) is 0 Å². The number of rotatable bonds is 3. The lowest BCUT2D eigenvalue weighted by Gasteiger charge is -1.96. The molecule has 86 valence electrons. The molecule has 0 radical (unpaired) electrons. The van der Waals surface area contributed by atoms with Crippen molar-refractivity contribution < 1.29 is 0 Å². The minimum absolute atomic E-state index is 1.16. The quantitative estimate of drug-likeness (QED) is 0.670. The van der Waals surface area contributed by atoms with E-state index in [-0.39, 0.29) is 0 Å². The third-order valence-electron chi connectivity index (χ3n) is 2.26. The van der Waals surface area contributed by atoms with Gasteiger partial charge >= 0.3 is 0 Å². The van der Waals surface area contributed by atoms with Gasteiger partial charge in [0.15, 0.2) is 0 Å². The highest BCUT2D eigenvalue weighted by molar-refractivity contribution is 8.12. The predicted molar refractivity (Wildman–Crippen MR) is 82.4 cm³/mol. The average molecular weight is 276 g/mol. The molecule has 0 unspecified atom stereocenters. The van der Waals surface area contributed by atoms with Gasteiger partial charge in [-0.15, -0.1) is 29.1 Å². The molecule has 0 aliphatic heterocycles. The van der Waals surface area contributed by atoms with Gasteiger partial charge < -0.3 is 0 Å². The fraction of sp³-hybridized carbons (Fsp3) is 0.143. The maximum atomic E-state index is 5.34. The Morgan fingerprint density at radius 3 is 2.53 bits per heavy atom. The van der Waals surface area contributed by atoms with Crippen molar-refractivity contribution in [1.29, 1.82) is 0 Å². The number of terminal acetylenes is 1. The summed E-state index contributed by atoms with van der Waals surface area (Å²) < 4.78 is 0. The van der Waals surface area contributed by atoms with E-state index < -0.39 is 0 Å². The number of hydrogen-bond acceptors (Lipinski definition) is 3. The molecule has 0 aromatic carbocycles. The largest absolute Gasteiger partial charge is 0.140 e. The Labute approximate surface area is 114 Å². The zero-order chi connectivity index (χ0) is 12.3. The van der Waals surface area contributed by atoms with Crippen molar-refractivity contribution >= 4 is 39.3 Å². The zero-order valence-electron chi connectivity index (χ0n) is 9.69. The van der Waals surface area contributed by atoms with Gasteiger partial charge in [0.2, 0.25) is 0 Å². The molecule has 0 aliphatic carbocycles. The molecule has 0 spiro atoms. The van der Waals surface area contributed by atoms with E-state index in [2.05, 4.69) is 42.5 Å². The monoisotopic (exact) mass is 276 g/mol. The van der Waals surface area contributed by atoms with Crippen LogP contribution in [0.5, 0.6) is 0 Å². The van der Waals surface area contributed by atoms with Crippen LogP contribution in [0.4, 0.5) is 0 Å². The summed E-state index contributed by atoms with van der Waals surface area (Å²) in [7, 11) is 0. The molecular formula is C14H12S3. The van der Waals surface area contributed by atoms with Crippen LogP contribution in [0.15, 0.2) is 30.3 Å². The number of allylic oxidation sites excluding steroid dienone is 1. The van der Waals surface area contributed by atoms with Crippen LogP contribution in [0.25, 0.3) is 14.7 Å². The standard InChI is InChI=1S/C14H12S3/c1-4-11(15-5-2)12-8-9-14(17-12)13-7-6-10(3)16-13/h2,4,6-9H,1,3H3/b11-4-. The van der Waals surface area contributed by atoms with Gasteiger partial charge in [0.05, 0.1) is 0 Å². The van der Waals surface area contributed by atoms with Gasteiger partial charge in [-0.3, -0.25) is 0 Å². The lowest BCUT2D eigenvalue weighted by molar-refractivity contribution is 1.64. The van der Waals surface area contributed by atoms with Crippen LogP contribution in [-0.4, -0.2) is 0 Å². The minimum Gasteiger partial charge on any atom is -0.140 e. The molecule has 2 aromatic rings. The highest BCUT2D eigenvalue weighted by atomic mass is 32.2. The SMILES string of the molecule is C#CS/C(=C\C)c1ccc(-c2ccc(C)s2)s1. The normalized spacial score (nSPS) is 11.5. The minimum atomic E-state index is 1.16. The zero-order valence-corrected chi connectivity index (χ0v) is 12.1. The summed E-state index contributed by atoms with van der Waals surface area (Å²) in [5.74, 6) is 0. The summed E-state index contributed by atoms with van der Waals surface area (Å²) in [6.45, 7) is 4.16. The predicted octanol–water partition coefficient (Wildman–Crippen LogP) is 5.47. The van der Waals surface area contributed by atoms with Crippen LogP contribution >= 0.6 is 34.4 Å². The van der Waals surface area contributed by atoms with Gasteiger partial charge in [-0.25, -0.2) is 0 Å². The van der Waals surface area contributed by atoms with Crippen molar-refractivity contribution in [3.8, 4) is 21.4 Å². The van der Waals surface area contributed by atoms with Crippen LogP contribution in [0.1, 0.15) is 16.7 Å². The Bertz CT molecular complexity index is 579. The molecule has 2 rings (SSSR count). The second kappa shape index (κ2) is 5.59. The highest BCUT2D eigenvalue weighted by Gasteiger charge is 2.07. The van der Waals surface area contributed by atoms with E-state index >= 15 is 0 Å². The summed E-state index contributed by atoms with van der Waals surface area (Å²) in [5, 5.41) is 2.63. The van der Waals surface area contributed by atoms with Crippen molar-refractivity contribution in [3.63, 3.8) is 0 Å². The Balaban J connectivity index is 2.30. The smallest absolute Gasteiger partial charge is 0.0449 e. The van der Waals surface area contributed by atoms with Gasteiger partial charge in [0, 0.05) is 24.4 Å². The molecule has 0 atom stereocenters. The van der Waals surface area contributed by atoms with E-state index in [1.807, 2.05) is 18.3 Å². The summed E-state index contributed by atoms with van der Waals surface area (Å²) >= 11 is 5.07. The van der Waals surface area contributed by atoms with Gasteiger partial charge in [0.25, 0.3) is 0 Å². The van der Waals surface area contributed by atoms with E-state index in [1.54, 1.807) is 11.3 Å². The lowest BCUT2D eigenvalue weighted by Crippen LogP contribution is -1.68. The molecule has 0 fully saturated rings. The van der Waals surface area contributed by atoms with Crippen LogP contribution in [-0.2, 0) is 0 Å². The highest BCUT2D eigenvalue weighted by Crippen LogP contribution is 2.38. The van der Waals surface area contributed by atoms with Crippen molar-refractivity contribution in [1.82, 2.24) is 0 Å². The maximum Gasteiger partial charge on any atom is 0.0449 e. The van der Waals surface area contributed by atoms with Crippen LogP contribution in [0.2, 0.25) is 0 Å². The van der Waals surface area contributed by atoms with Crippen molar-refractivity contribution in [3.05, 3.63) is 40.1 Å². The molecule has 0 saturated heterocycles. The molecule has 0 amide bonds. The molecule has 2 heterocycles. The fourth-order valence-corrected chi connectivity index (χ4v) is 4.08. The number of thiophene rings is 2. The molecule has 0 nitrogen and oxygen atoms in total. The van der Waals surface area contributed by atoms with E-state index in [1.165, 1.54) is 31.3 Å². The second-order valence-electron chi connectivity index (χ2n) is 3.45. The third-order valence-corrected chi connectivity index (χ3v) is 5.50. The summed E-state index contributed by atoms with van der Waals surface area (Å²) in [4.78, 5) is 6.41. The fourth-order valence-electron chi connectivity index (χ4n) is 1.48. The van der Waals surface area contributed by atoms with Crippen molar-refractivity contribution in [2.45, 2.75) is 13.8 Å². The first-order chi connectivity index (χ1) is 8.24. The lowest BCUT2D eigenvalue weighted by atomic mass is 10.3. The van der Waals surface area contributed by atoms with E-state index in [9.17, 15) is 0 Å². The van der Waals surface area contributed by atoms with Gasteiger partial charge in [0.1, 0.15) is 0 Å². The Hall–Kier alpha value is -0.950. The molecule has 0 N–H and O–H groups in total. The van der Waals surface area contributed by atoms with Crippen LogP contribution < -0.4 is 0 Å². The first-order valence-electron chi connectivity index (χ1n) is 5.20. The first kappa shape index (κ1) is 12.5. The van der Waals surface area contributed by atoms with Gasteiger partial charge in [-0.1, -0.05) is 6.08 Å². The molecule has 0 aliphatic rings. The topological polar surface area (TPSA) is 0 Å². The van der Waals surface area contributed by atoms with E-state index in [0.29, 0.717) is 0 Å². The molecule has 2 aromatic heterocycles. The Morgan fingerprint density at radius 2 is 1.94 bits per heavy atom. The summed E-state index contributed by atoms with van der Waals surface area (Å²) in [5.41, 5.74) is 0. The van der Waals surface area contributed by atoms with Gasteiger partial charge in [-0.05, 0) is 55.1 Å². The van der Waals surface area contributed by atoms with Crippen molar-refractivity contribution in [2.75, 3.05) is 0 Å². The molecule has 0 saturated carbocycles. The Kier molecular flexibility index (Phi) is 4.11. The second-order valence-corrected chi connectivity index (χ2v) is 6.70. The molecular weight excluding hydrogens is 264 g/mol. The molecule has 17 heavy (non-hydrogen) atoms. The molecule has 3 heteroatoms. The summed E-state index contributed by atoms with van der Waals surface area (Å²) in [6.07, 6.45) is 7.41. The number of hydrogen-bond donors (Lipinski definition) is 0. The average Bonchev–Trinajstić information content (AvgIpc) is 2.94. The maximum absolute atomic E-state index is 5.34. The first-order valence-corrected chi connectivity index (χ1v) is 7.65. The Morgan fingerprint density at radius 1 is 1.24 bits per heavy atom. The van der Waals surface area contributed by atoms with Crippen LogP contribution in [0, 0.1) is 18.6 Å². The van der Waals surface area contributed by atoms with Crippen LogP contribution in [0.3, 0.4) is 0 Å². The van der Waals surface area contributed by atoms with E-state index in [0.717, 1.165) is 4.91 Å². The van der Waals surface area contributed by atoms with E-state index in [4.69, 9.17) is 6.42 Å². The number of thioether (sulfide) groups is 1. The number of aryl methyl sites for hydroxylation is 1. The summed E-state index contributed by atoms with van der Waals surface area (Å²) in [6, 6.07) is 8.66.